The van der Waals surface area contributed by atoms with Crippen LogP contribution in [0.3, 0.4) is 0 Å². The first-order valence-electron chi connectivity index (χ1n) is 7.59. The molecule has 0 aromatic carbocycles. The molecular formula is C15H22N6O. The summed E-state index contributed by atoms with van der Waals surface area (Å²) in [5.41, 5.74) is -0.0770. The molecular weight excluding hydrogens is 280 g/mol. The molecule has 3 heterocycles. The van der Waals surface area contributed by atoms with Crippen LogP contribution >= 0.6 is 0 Å². The van der Waals surface area contributed by atoms with Crippen molar-refractivity contribution in [2.45, 2.75) is 32.7 Å². The monoisotopic (exact) mass is 302 g/mol. The van der Waals surface area contributed by atoms with Gasteiger partial charge in [0, 0.05) is 44.0 Å². The van der Waals surface area contributed by atoms with Crippen LogP contribution in [-0.4, -0.2) is 51.2 Å². The second kappa shape index (κ2) is 6.00. The second-order valence-electron chi connectivity index (χ2n) is 6.59. The minimum Gasteiger partial charge on any atom is -0.353 e. The maximum atomic E-state index is 5.37. The third-order valence-electron chi connectivity index (χ3n) is 3.74. The molecule has 1 fully saturated rings. The van der Waals surface area contributed by atoms with Gasteiger partial charge in [0.1, 0.15) is 5.82 Å². The minimum atomic E-state index is -0.0770. The molecule has 2 aromatic rings. The van der Waals surface area contributed by atoms with Crippen molar-refractivity contribution in [1.82, 2.24) is 25.0 Å². The van der Waals surface area contributed by atoms with Crippen LogP contribution in [0.15, 0.2) is 23.1 Å². The third-order valence-corrected chi connectivity index (χ3v) is 3.74. The normalized spacial score (nSPS) is 17.0. The molecule has 0 bridgehead atoms. The highest BCUT2D eigenvalue weighted by Crippen LogP contribution is 2.19. The average Bonchev–Trinajstić information content (AvgIpc) is 2.98. The van der Waals surface area contributed by atoms with Crippen LogP contribution in [0, 0.1) is 0 Å². The van der Waals surface area contributed by atoms with E-state index in [4.69, 9.17) is 4.52 Å². The molecule has 0 unspecified atom stereocenters. The molecule has 0 aliphatic carbocycles. The molecule has 3 rings (SSSR count). The Morgan fingerprint density at radius 2 is 1.91 bits per heavy atom. The highest BCUT2D eigenvalue weighted by molar-refractivity contribution is 5.35. The summed E-state index contributed by atoms with van der Waals surface area (Å²) in [6, 6.07) is 0. The Morgan fingerprint density at radius 3 is 2.50 bits per heavy atom. The van der Waals surface area contributed by atoms with Crippen molar-refractivity contribution in [3.05, 3.63) is 30.3 Å². The first-order valence-corrected chi connectivity index (χ1v) is 7.59. The molecule has 0 spiro atoms. The molecule has 118 valence electrons. The molecule has 1 aliphatic heterocycles. The lowest BCUT2D eigenvalue weighted by molar-refractivity contribution is 0.214. The zero-order chi connectivity index (χ0) is 15.6. The van der Waals surface area contributed by atoms with E-state index in [1.54, 1.807) is 12.4 Å². The van der Waals surface area contributed by atoms with E-state index >= 15 is 0 Å². The smallest absolute Gasteiger partial charge is 0.240 e. The number of piperazine rings is 1. The van der Waals surface area contributed by atoms with Crippen molar-refractivity contribution in [3.8, 4) is 0 Å². The van der Waals surface area contributed by atoms with Gasteiger partial charge in [-0.25, -0.2) is 4.98 Å². The fraction of sp³-hybridized carbons (Fsp3) is 0.600. The van der Waals surface area contributed by atoms with Crippen molar-refractivity contribution in [2.75, 3.05) is 31.1 Å². The van der Waals surface area contributed by atoms with Crippen molar-refractivity contribution >= 4 is 5.82 Å². The number of aromatic nitrogens is 4. The largest absolute Gasteiger partial charge is 0.353 e. The standard InChI is InChI=1S/C15H22N6O/c1-15(2,3)14-18-13(22-19-14)11-20-6-8-21(9-7-20)12-10-16-4-5-17-12/h4-5,10H,6-9,11H2,1-3H3. The lowest BCUT2D eigenvalue weighted by Gasteiger charge is -2.34. The van der Waals surface area contributed by atoms with Crippen LogP contribution in [0.25, 0.3) is 0 Å². The van der Waals surface area contributed by atoms with E-state index in [0.717, 1.165) is 37.8 Å². The van der Waals surface area contributed by atoms with Gasteiger partial charge in [-0.05, 0) is 0 Å². The molecule has 0 radical (unpaired) electrons. The van der Waals surface area contributed by atoms with Crippen molar-refractivity contribution in [2.24, 2.45) is 0 Å². The average molecular weight is 302 g/mol. The van der Waals surface area contributed by atoms with Gasteiger partial charge < -0.3 is 9.42 Å². The first-order chi connectivity index (χ1) is 10.5. The summed E-state index contributed by atoms with van der Waals surface area (Å²) in [5, 5.41) is 4.07. The Bertz CT molecular complexity index is 598. The molecule has 22 heavy (non-hydrogen) atoms. The summed E-state index contributed by atoms with van der Waals surface area (Å²) in [6.07, 6.45) is 5.24. The van der Waals surface area contributed by atoms with Crippen LogP contribution in [0.1, 0.15) is 32.5 Å². The lowest BCUT2D eigenvalue weighted by atomic mass is 9.96. The minimum absolute atomic E-state index is 0.0770. The number of hydrogen-bond acceptors (Lipinski definition) is 7. The summed E-state index contributed by atoms with van der Waals surface area (Å²) < 4.78 is 5.37. The predicted octanol–water partition coefficient (Wildman–Crippen LogP) is 1.48. The van der Waals surface area contributed by atoms with E-state index in [1.807, 2.05) is 6.20 Å². The van der Waals surface area contributed by atoms with Gasteiger partial charge in [0.25, 0.3) is 0 Å². The van der Waals surface area contributed by atoms with Gasteiger partial charge >= 0.3 is 0 Å². The zero-order valence-corrected chi connectivity index (χ0v) is 13.4. The fourth-order valence-electron chi connectivity index (χ4n) is 2.40. The molecule has 7 nitrogen and oxygen atoms in total. The summed E-state index contributed by atoms with van der Waals surface area (Å²) in [6.45, 7) is 10.7. The Hall–Kier alpha value is -2.02. The SMILES string of the molecule is CC(C)(C)c1noc(CN2CCN(c3cnccn3)CC2)n1. The van der Waals surface area contributed by atoms with Gasteiger partial charge in [0.2, 0.25) is 5.89 Å². The molecule has 0 saturated carbocycles. The fourth-order valence-corrected chi connectivity index (χ4v) is 2.40. The maximum Gasteiger partial charge on any atom is 0.240 e. The van der Waals surface area contributed by atoms with Crippen molar-refractivity contribution in [1.29, 1.82) is 0 Å². The second-order valence-corrected chi connectivity index (χ2v) is 6.59. The molecule has 1 saturated heterocycles. The van der Waals surface area contributed by atoms with E-state index in [9.17, 15) is 0 Å². The molecule has 0 N–H and O–H groups in total. The maximum absolute atomic E-state index is 5.37. The van der Waals surface area contributed by atoms with E-state index < -0.39 is 0 Å². The van der Waals surface area contributed by atoms with E-state index in [1.165, 1.54) is 0 Å². The Labute approximate surface area is 130 Å². The highest BCUT2D eigenvalue weighted by atomic mass is 16.5. The van der Waals surface area contributed by atoms with Gasteiger partial charge in [-0.2, -0.15) is 4.98 Å². The number of hydrogen-bond donors (Lipinski definition) is 0. The molecule has 0 amide bonds. The summed E-state index contributed by atoms with van der Waals surface area (Å²) in [5.74, 6) is 2.40. The van der Waals surface area contributed by atoms with Gasteiger partial charge in [-0.3, -0.25) is 9.88 Å². The zero-order valence-electron chi connectivity index (χ0n) is 13.4. The van der Waals surface area contributed by atoms with E-state index in [-0.39, 0.29) is 5.41 Å². The summed E-state index contributed by atoms with van der Waals surface area (Å²) in [7, 11) is 0. The van der Waals surface area contributed by atoms with Crippen LogP contribution < -0.4 is 4.90 Å². The Kier molecular flexibility index (Phi) is 4.06. The van der Waals surface area contributed by atoms with Crippen LogP contribution in [0.5, 0.6) is 0 Å². The quantitative estimate of drug-likeness (QED) is 0.850. The van der Waals surface area contributed by atoms with Crippen LogP contribution in [-0.2, 0) is 12.0 Å². The molecule has 0 atom stereocenters. The summed E-state index contributed by atoms with van der Waals surface area (Å²) in [4.78, 5) is 17.5. The van der Waals surface area contributed by atoms with Gasteiger partial charge in [0.05, 0.1) is 12.7 Å². The van der Waals surface area contributed by atoms with Crippen LogP contribution in [0.4, 0.5) is 5.82 Å². The number of rotatable bonds is 3. The van der Waals surface area contributed by atoms with Crippen molar-refractivity contribution < 1.29 is 4.52 Å². The third kappa shape index (κ3) is 3.41. The van der Waals surface area contributed by atoms with Gasteiger partial charge in [-0.1, -0.05) is 25.9 Å². The van der Waals surface area contributed by atoms with Crippen LogP contribution in [0.2, 0.25) is 0 Å². The topological polar surface area (TPSA) is 71.2 Å². The molecule has 2 aromatic heterocycles. The highest BCUT2D eigenvalue weighted by Gasteiger charge is 2.23. The lowest BCUT2D eigenvalue weighted by Crippen LogP contribution is -2.46. The van der Waals surface area contributed by atoms with E-state index in [0.29, 0.717) is 12.4 Å². The van der Waals surface area contributed by atoms with Crippen molar-refractivity contribution in [3.63, 3.8) is 0 Å². The Morgan fingerprint density at radius 1 is 1.14 bits per heavy atom. The predicted molar refractivity (Wildman–Crippen MR) is 82.5 cm³/mol. The van der Waals surface area contributed by atoms with Gasteiger partial charge in [-0.15, -0.1) is 0 Å². The molecule has 1 aliphatic rings. The van der Waals surface area contributed by atoms with E-state index in [2.05, 4.69) is 50.7 Å². The Balaban J connectivity index is 1.55. The first kappa shape index (κ1) is 14.9. The van der Waals surface area contributed by atoms with Gasteiger partial charge in [0.15, 0.2) is 5.82 Å². The number of anilines is 1. The molecule has 7 heteroatoms. The summed E-state index contributed by atoms with van der Waals surface area (Å²) >= 11 is 0. The number of nitrogens with zero attached hydrogens (tertiary/aromatic N) is 6.